The minimum Gasteiger partial charge on any atom is -0.506 e. The predicted molar refractivity (Wildman–Crippen MR) is 106 cm³/mol. The first-order valence-electron chi connectivity index (χ1n) is 6.03. The zero-order valence-corrected chi connectivity index (χ0v) is 17.5. The summed E-state index contributed by atoms with van der Waals surface area (Å²) in [7, 11) is 0. The summed E-state index contributed by atoms with van der Waals surface area (Å²) in [6.07, 6.45) is 0. The number of halogens is 4. The second-order valence-corrected chi connectivity index (χ2v) is 7.76. The van der Waals surface area contributed by atoms with Crippen LogP contribution in [-0.2, 0) is 0 Å². The molecular formula is C14H8Br3ClN2O2S. The third-order valence-corrected chi connectivity index (χ3v) is 4.91. The first-order chi connectivity index (χ1) is 10.8. The van der Waals surface area contributed by atoms with Gasteiger partial charge >= 0.3 is 0 Å². The molecule has 2 aromatic carbocycles. The smallest absolute Gasteiger partial charge is 0.258 e. The lowest BCUT2D eigenvalue weighted by Crippen LogP contribution is -2.34. The van der Waals surface area contributed by atoms with Crippen LogP contribution in [0.5, 0.6) is 5.75 Å². The SMILES string of the molecule is O=C(NC(=S)Nc1cc(Br)c(O)c(Br)c1)c1cc(Br)ccc1Cl. The molecule has 0 radical (unpaired) electrons. The fourth-order valence-corrected chi connectivity index (χ4v) is 3.60. The maximum Gasteiger partial charge on any atom is 0.258 e. The first-order valence-corrected chi connectivity index (χ1v) is 9.20. The molecule has 0 aliphatic rings. The second-order valence-electron chi connectivity index (χ2n) is 4.32. The van der Waals surface area contributed by atoms with E-state index in [2.05, 4.69) is 58.4 Å². The van der Waals surface area contributed by atoms with Gasteiger partial charge in [-0.25, -0.2) is 0 Å². The molecule has 23 heavy (non-hydrogen) atoms. The summed E-state index contributed by atoms with van der Waals surface area (Å²) in [5.74, 6) is -0.350. The van der Waals surface area contributed by atoms with Gasteiger partial charge in [0.1, 0.15) is 5.75 Å². The average Bonchev–Trinajstić information content (AvgIpc) is 2.46. The van der Waals surface area contributed by atoms with E-state index in [0.29, 0.717) is 25.2 Å². The monoisotopic (exact) mass is 540 g/mol. The normalized spacial score (nSPS) is 10.3. The molecule has 0 aliphatic heterocycles. The second kappa shape index (κ2) is 7.94. The Balaban J connectivity index is 2.10. The fourth-order valence-electron chi connectivity index (χ4n) is 1.64. The van der Waals surface area contributed by atoms with Crippen LogP contribution < -0.4 is 10.6 Å². The molecule has 0 aromatic heterocycles. The molecule has 0 atom stereocenters. The van der Waals surface area contributed by atoms with Gasteiger partial charge in [-0.2, -0.15) is 0 Å². The number of hydrogen-bond acceptors (Lipinski definition) is 3. The van der Waals surface area contributed by atoms with E-state index in [1.54, 1.807) is 30.3 Å². The van der Waals surface area contributed by atoms with Gasteiger partial charge in [-0.05, 0) is 74.4 Å². The van der Waals surface area contributed by atoms with Gasteiger partial charge in [0.2, 0.25) is 0 Å². The number of phenolic OH excluding ortho intramolecular Hbond substituents is 1. The van der Waals surface area contributed by atoms with Gasteiger partial charge in [-0.1, -0.05) is 27.5 Å². The number of phenols is 1. The molecule has 120 valence electrons. The molecule has 4 nitrogen and oxygen atoms in total. The minimum atomic E-state index is -0.425. The maximum atomic E-state index is 12.2. The summed E-state index contributed by atoms with van der Waals surface area (Å²) < 4.78 is 1.70. The highest BCUT2D eigenvalue weighted by Crippen LogP contribution is 2.35. The molecule has 3 N–H and O–H groups in total. The van der Waals surface area contributed by atoms with Gasteiger partial charge in [0.25, 0.3) is 5.91 Å². The zero-order chi connectivity index (χ0) is 17.1. The Bertz CT molecular complexity index is 779. The van der Waals surface area contributed by atoms with Crippen LogP contribution in [0.2, 0.25) is 5.02 Å². The number of anilines is 1. The van der Waals surface area contributed by atoms with Crippen LogP contribution in [-0.4, -0.2) is 16.1 Å². The van der Waals surface area contributed by atoms with E-state index >= 15 is 0 Å². The van der Waals surface area contributed by atoms with Crippen LogP contribution >= 0.6 is 71.6 Å². The van der Waals surface area contributed by atoms with E-state index in [1.165, 1.54) is 0 Å². The van der Waals surface area contributed by atoms with Crippen LogP contribution in [0.25, 0.3) is 0 Å². The van der Waals surface area contributed by atoms with Crippen molar-refractivity contribution in [2.45, 2.75) is 0 Å². The van der Waals surface area contributed by atoms with Crippen LogP contribution in [0.1, 0.15) is 10.4 Å². The van der Waals surface area contributed by atoms with Crippen molar-refractivity contribution < 1.29 is 9.90 Å². The van der Waals surface area contributed by atoms with E-state index in [1.807, 2.05) is 0 Å². The van der Waals surface area contributed by atoms with Crippen molar-refractivity contribution in [3.63, 3.8) is 0 Å². The topological polar surface area (TPSA) is 61.4 Å². The summed E-state index contributed by atoms with van der Waals surface area (Å²) in [5.41, 5.74) is 0.894. The third-order valence-electron chi connectivity index (χ3n) is 2.67. The van der Waals surface area contributed by atoms with E-state index < -0.39 is 5.91 Å². The molecule has 0 spiro atoms. The van der Waals surface area contributed by atoms with Gasteiger partial charge in [0.05, 0.1) is 19.5 Å². The molecule has 0 saturated heterocycles. The standard InChI is InChI=1S/C14H8Br3ClN2O2S/c15-6-1-2-11(18)8(3-6)13(22)20-14(23)19-7-4-9(16)12(21)10(17)5-7/h1-5,21H,(H2,19,20,22,23). The maximum absolute atomic E-state index is 12.2. The lowest BCUT2D eigenvalue weighted by Gasteiger charge is -2.12. The van der Waals surface area contributed by atoms with Gasteiger partial charge in [-0.3, -0.25) is 10.1 Å². The lowest BCUT2D eigenvalue weighted by atomic mass is 10.2. The zero-order valence-electron chi connectivity index (χ0n) is 11.2. The van der Waals surface area contributed by atoms with Crippen LogP contribution in [0.15, 0.2) is 43.7 Å². The number of aromatic hydroxyl groups is 1. The molecule has 0 saturated carbocycles. The molecule has 0 aliphatic carbocycles. The Kier molecular flexibility index (Phi) is 6.44. The van der Waals surface area contributed by atoms with Gasteiger partial charge in [-0.15, -0.1) is 0 Å². The van der Waals surface area contributed by atoms with Crippen LogP contribution in [0, 0.1) is 0 Å². The van der Waals surface area contributed by atoms with Crippen molar-refractivity contribution in [2.24, 2.45) is 0 Å². The number of benzene rings is 2. The van der Waals surface area contributed by atoms with Crippen molar-refractivity contribution in [3.05, 3.63) is 54.3 Å². The lowest BCUT2D eigenvalue weighted by molar-refractivity contribution is 0.0978. The first kappa shape index (κ1) is 18.7. The van der Waals surface area contributed by atoms with E-state index in [9.17, 15) is 9.90 Å². The Morgan fingerprint density at radius 3 is 2.35 bits per heavy atom. The quantitative estimate of drug-likeness (QED) is 0.348. The van der Waals surface area contributed by atoms with Crippen molar-refractivity contribution in [2.75, 3.05) is 5.32 Å². The summed E-state index contributed by atoms with van der Waals surface area (Å²) in [4.78, 5) is 12.2. The van der Waals surface area contributed by atoms with Gasteiger partial charge in [0.15, 0.2) is 5.11 Å². The Morgan fingerprint density at radius 2 is 1.74 bits per heavy atom. The number of hydrogen-bond donors (Lipinski definition) is 3. The molecule has 0 fully saturated rings. The largest absolute Gasteiger partial charge is 0.506 e. The summed E-state index contributed by atoms with van der Waals surface area (Å²) in [6, 6.07) is 8.22. The van der Waals surface area contributed by atoms with Crippen LogP contribution in [0.3, 0.4) is 0 Å². The summed E-state index contributed by atoms with van der Waals surface area (Å²) >= 11 is 20.8. The Morgan fingerprint density at radius 1 is 1.13 bits per heavy atom. The van der Waals surface area contributed by atoms with Crippen molar-refractivity contribution in [3.8, 4) is 5.75 Å². The molecule has 2 aromatic rings. The summed E-state index contributed by atoms with van der Waals surface area (Å²) in [5, 5.41) is 15.5. The molecule has 2 rings (SSSR count). The fraction of sp³-hybridized carbons (Fsp3) is 0. The highest BCUT2D eigenvalue weighted by atomic mass is 79.9. The molecule has 0 bridgehead atoms. The van der Waals surface area contributed by atoms with Gasteiger partial charge < -0.3 is 10.4 Å². The number of carbonyl (C=O) groups excluding carboxylic acids is 1. The highest BCUT2D eigenvalue weighted by molar-refractivity contribution is 9.11. The predicted octanol–water partition coefficient (Wildman–Crippen LogP) is 5.46. The average molecular weight is 543 g/mol. The molecule has 1 amide bonds. The number of nitrogens with one attached hydrogen (secondary N) is 2. The van der Waals surface area contributed by atoms with Crippen LogP contribution in [0.4, 0.5) is 5.69 Å². The molecule has 9 heteroatoms. The minimum absolute atomic E-state index is 0.0754. The highest BCUT2D eigenvalue weighted by Gasteiger charge is 2.13. The van der Waals surface area contributed by atoms with E-state index in [0.717, 1.165) is 4.47 Å². The third kappa shape index (κ3) is 4.90. The molecule has 0 unspecified atom stereocenters. The molecule has 0 heterocycles. The van der Waals surface area contributed by atoms with E-state index in [-0.39, 0.29) is 10.9 Å². The number of amides is 1. The number of thiocarbonyl (C=S) groups is 1. The van der Waals surface area contributed by atoms with Crippen molar-refractivity contribution in [1.82, 2.24) is 5.32 Å². The summed E-state index contributed by atoms with van der Waals surface area (Å²) in [6.45, 7) is 0. The Hall–Kier alpha value is -0.670. The number of rotatable bonds is 2. The van der Waals surface area contributed by atoms with Crippen molar-refractivity contribution in [1.29, 1.82) is 0 Å². The van der Waals surface area contributed by atoms with Gasteiger partial charge in [0, 0.05) is 10.2 Å². The van der Waals surface area contributed by atoms with Crippen molar-refractivity contribution >= 4 is 88.3 Å². The number of carbonyl (C=O) groups is 1. The van der Waals surface area contributed by atoms with E-state index in [4.69, 9.17) is 23.8 Å². The Labute approximate surface area is 168 Å². The molecular weight excluding hydrogens is 535 g/mol.